The fraction of sp³-hybridized carbons (Fsp3) is 0.385. The summed E-state index contributed by atoms with van der Waals surface area (Å²) in [5, 5.41) is 9.44. The highest BCUT2D eigenvalue weighted by Crippen LogP contribution is 2.36. The maximum absolute atomic E-state index is 4.23. The van der Waals surface area contributed by atoms with Crippen molar-refractivity contribution in [3.63, 3.8) is 0 Å². The molecule has 0 spiro atoms. The van der Waals surface area contributed by atoms with Crippen LogP contribution in [-0.4, -0.2) is 13.1 Å². The van der Waals surface area contributed by atoms with Crippen molar-refractivity contribution in [2.45, 2.75) is 47.0 Å². The summed E-state index contributed by atoms with van der Waals surface area (Å²) >= 11 is 0. The summed E-state index contributed by atoms with van der Waals surface area (Å²) in [5.74, 6) is 6.56. The topological polar surface area (TPSA) is 24.1 Å². The average molecular weight is 375 g/mol. The molecule has 3 rings (SSSR count). The molecule has 0 aromatic heterocycles. The third-order valence-electron chi connectivity index (χ3n) is 4.61. The first-order valence-corrected chi connectivity index (χ1v) is 10.5. The van der Waals surface area contributed by atoms with Crippen molar-refractivity contribution < 1.29 is 0 Å². The molecule has 0 heterocycles. The van der Waals surface area contributed by atoms with E-state index in [0.717, 1.165) is 37.3 Å². The number of nitrogens with one attached hydrogen (secondary N) is 2. The molecule has 0 aliphatic heterocycles. The van der Waals surface area contributed by atoms with E-state index in [9.17, 15) is 0 Å². The van der Waals surface area contributed by atoms with E-state index in [0.29, 0.717) is 0 Å². The second-order valence-corrected chi connectivity index (χ2v) is 7.16. The van der Waals surface area contributed by atoms with Gasteiger partial charge in [0.1, 0.15) is 5.41 Å². The van der Waals surface area contributed by atoms with Gasteiger partial charge in [0.2, 0.25) is 0 Å². The Balaban J connectivity index is 0.00000136. The zero-order chi connectivity index (χ0) is 20.4. The van der Waals surface area contributed by atoms with Gasteiger partial charge in [-0.15, -0.1) is 0 Å². The Kier molecular flexibility index (Phi) is 8.36. The molecule has 0 radical (unpaired) electrons. The van der Waals surface area contributed by atoms with Gasteiger partial charge in [0, 0.05) is 11.4 Å². The fourth-order valence-corrected chi connectivity index (χ4v) is 3.24. The Morgan fingerprint density at radius 2 is 1.79 bits per heavy atom. The summed E-state index contributed by atoms with van der Waals surface area (Å²) in [4.78, 5) is 0. The Hall–Kier alpha value is -2.50. The number of hydrogen-bond donors (Lipinski definition) is 2. The van der Waals surface area contributed by atoms with Crippen LogP contribution in [-0.2, 0) is 0 Å². The Bertz CT molecular complexity index is 872. The number of benzene rings is 2. The highest BCUT2D eigenvalue weighted by molar-refractivity contribution is 5.85. The molecular weight excluding hydrogens is 340 g/mol. The molecule has 0 unspecified atom stereocenters. The van der Waals surface area contributed by atoms with Crippen LogP contribution in [0.15, 0.2) is 66.4 Å². The van der Waals surface area contributed by atoms with Gasteiger partial charge < -0.3 is 10.6 Å². The first-order chi connectivity index (χ1) is 13.6. The maximum Gasteiger partial charge on any atom is 0.115 e. The highest BCUT2D eigenvalue weighted by atomic mass is 14.9. The SMILES string of the molecule is C=C(CCNCCC)CC1(/C=C(/C)Nc2ccc3ccccc3c2)C#C1.CC. The lowest BCUT2D eigenvalue weighted by atomic mass is 9.91. The third kappa shape index (κ3) is 6.59. The molecule has 0 atom stereocenters. The fourth-order valence-electron chi connectivity index (χ4n) is 3.24. The number of anilines is 1. The predicted molar refractivity (Wildman–Crippen MR) is 124 cm³/mol. The van der Waals surface area contributed by atoms with Crippen LogP contribution < -0.4 is 10.6 Å². The molecular formula is C26H34N2. The Morgan fingerprint density at radius 3 is 2.46 bits per heavy atom. The minimum atomic E-state index is -0.157. The van der Waals surface area contributed by atoms with Gasteiger partial charge in [-0.05, 0) is 68.3 Å². The molecule has 2 heteroatoms. The molecule has 2 N–H and O–H groups in total. The van der Waals surface area contributed by atoms with E-state index in [1.54, 1.807) is 0 Å². The van der Waals surface area contributed by atoms with Gasteiger partial charge in [0.05, 0.1) is 0 Å². The number of allylic oxidation sites excluding steroid dienone is 2. The van der Waals surface area contributed by atoms with Gasteiger partial charge in [0.25, 0.3) is 0 Å². The molecule has 0 amide bonds. The lowest BCUT2D eigenvalue weighted by Crippen LogP contribution is -2.17. The molecule has 1 aliphatic rings. The van der Waals surface area contributed by atoms with Crippen LogP contribution in [0.1, 0.15) is 47.0 Å². The van der Waals surface area contributed by atoms with Crippen LogP contribution in [0, 0.1) is 17.3 Å². The summed E-state index contributed by atoms with van der Waals surface area (Å²) in [6, 6.07) is 14.9. The van der Waals surface area contributed by atoms with Gasteiger partial charge in [0.15, 0.2) is 0 Å². The molecule has 2 aromatic carbocycles. The van der Waals surface area contributed by atoms with Crippen molar-refractivity contribution in [2.24, 2.45) is 5.41 Å². The van der Waals surface area contributed by atoms with Crippen molar-refractivity contribution in [1.29, 1.82) is 0 Å². The quantitative estimate of drug-likeness (QED) is 0.281. The van der Waals surface area contributed by atoms with Gasteiger partial charge in [-0.25, -0.2) is 0 Å². The number of fused-ring (bicyclic) bond motifs is 1. The van der Waals surface area contributed by atoms with Crippen LogP contribution in [0.4, 0.5) is 5.69 Å². The molecule has 1 aliphatic carbocycles. The predicted octanol–water partition coefficient (Wildman–Crippen LogP) is 6.52. The molecule has 0 saturated heterocycles. The summed E-state index contributed by atoms with van der Waals surface area (Å²) in [6.07, 6.45) is 5.29. The van der Waals surface area contributed by atoms with Gasteiger partial charge >= 0.3 is 0 Å². The van der Waals surface area contributed by atoms with Crippen LogP contribution in [0.3, 0.4) is 0 Å². The average Bonchev–Trinajstić information content (AvgIpc) is 3.45. The molecule has 2 aromatic rings. The molecule has 2 nitrogen and oxygen atoms in total. The van der Waals surface area contributed by atoms with Crippen molar-refractivity contribution in [3.8, 4) is 11.8 Å². The second kappa shape index (κ2) is 10.7. The minimum Gasteiger partial charge on any atom is -0.359 e. The molecule has 0 bridgehead atoms. The highest BCUT2D eigenvalue weighted by Gasteiger charge is 2.32. The normalized spacial score (nSPS) is 13.8. The van der Waals surface area contributed by atoms with E-state index >= 15 is 0 Å². The van der Waals surface area contributed by atoms with Crippen molar-refractivity contribution in [3.05, 3.63) is 66.4 Å². The van der Waals surface area contributed by atoms with Crippen LogP contribution in [0.2, 0.25) is 0 Å². The van der Waals surface area contributed by atoms with Crippen molar-refractivity contribution >= 4 is 16.5 Å². The van der Waals surface area contributed by atoms with Crippen molar-refractivity contribution in [2.75, 3.05) is 18.4 Å². The summed E-state index contributed by atoms with van der Waals surface area (Å²) in [6.45, 7) is 14.6. The second-order valence-electron chi connectivity index (χ2n) is 7.16. The Labute approximate surface area is 171 Å². The van der Waals surface area contributed by atoms with Crippen molar-refractivity contribution in [1.82, 2.24) is 5.32 Å². The van der Waals surface area contributed by atoms with Crippen LogP contribution in [0.5, 0.6) is 0 Å². The molecule has 148 valence electrons. The van der Waals surface area contributed by atoms with Crippen LogP contribution in [0.25, 0.3) is 10.8 Å². The molecule has 0 saturated carbocycles. The van der Waals surface area contributed by atoms with E-state index in [4.69, 9.17) is 0 Å². The van der Waals surface area contributed by atoms with Gasteiger partial charge in [-0.3, -0.25) is 0 Å². The van der Waals surface area contributed by atoms with Gasteiger partial charge in [-0.2, -0.15) is 0 Å². The maximum atomic E-state index is 4.23. The summed E-state index contributed by atoms with van der Waals surface area (Å²) in [7, 11) is 0. The third-order valence-corrected chi connectivity index (χ3v) is 4.61. The number of hydrogen-bond acceptors (Lipinski definition) is 2. The smallest absolute Gasteiger partial charge is 0.115 e. The summed E-state index contributed by atoms with van der Waals surface area (Å²) < 4.78 is 0. The largest absolute Gasteiger partial charge is 0.359 e. The van der Waals surface area contributed by atoms with Crippen LogP contribution >= 0.6 is 0 Å². The van der Waals surface area contributed by atoms with E-state index in [1.165, 1.54) is 22.8 Å². The lowest BCUT2D eigenvalue weighted by Gasteiger charge is -2.15. The monoisotopic (exact) mass is 374 g/mol. The zero-order valence-electron chi connectivity index (χ0n) is 17.9. The lowest BCUT2D eigenvalue weighted by molar-refractivity contribution is 0.636. The first-order valence-electron chi connectivity index (χ1n) is 10.5. The van der Waals surface area contributed by atoms with E-state index in [2.05, 4.69) is 91.4 Å². The zero-order valence-corrected chi connectivity index (χ0v) is 17.9. The first kappa shape index (κ1) is 21.8. The molecule has 28 heavy (non-hydrogen) atoms. The summed E-state index contributed by atoms with van der Waals surface area (Å²) in [5.41, 5.74) is 3.32. The standard InChI is InChI=1S/C24H28N2.C2H6/c1-4-14-25-15-11-19(2)17-24(12-13-24)18-20(3)26-23-10-9-21-7-5-6-8-22(21)16-23;1-2/h5-10,16,18,25-26H,2,4,11,14-15,17H2,1,3H3;1-2H3/b20-18-;. The Morgan fingerprint density at radius 1 is 1.07 bits per heavy atom. The number of rotatable bonds is 10. The van der Waals surface area contributed by atoms with E-state index < -0.39 is 0 Å². The minimum absolute atomic E-state index is 0.157. The van der Waals surface area contributed by atoms with Gasteiger partial charge in [-0.1, -0.05) is 75.1 Å². The molecule has 0 fully saturated rings. The van der Waals surface area contributed by atoms with E-state index in [1.807, 2.05) is 13.8 Å². The van der Waals surface area contributed by atoms with E-state index in [-0.39, 0.29) is 5.41 Å².